The molecule has 0 saturated carbocycles. The normalized spacial score (nSPS) is 12.1. The number of hydrogen-bond acceptors (Lipinski definition) is 5. The lowest BCUT2D eigenvalue weighted by atomic mass is 9.97. The number of nitrogens with zero attached hydrogens (tertiary/aromatic N) is 1. The molecule has 0 atom stereocenters. The van der Waals surface area contributed by atoms with Gasteiger partial charge >= 0.3 is 11.9 Å². The Morgan fingerprint density at radius 2 is 1.26 bits per heavy atom. The van der Waals surface area contributed by atoms with Crippen LogP contribution in [0.25, 0.3) is 16.3 Å². The largest absolute Gasteiger partial charge is 0.456 e. The summed E-state index contributed by atoms with van der Waals surface area (Å²) in [6.45, 7) is 10.5. The van der Waals surface area contributed by atoms with Crippen LogP contribution in [0.1, 0.15) is 78.3 Å². The summed E-state index contributed by atoms with van der Waals surface area (Å²) in [4.78, 5) is 41.1. The number of benzene rings is 2. The van der Waals surface area contributed by atoms with Crippen LogP contribution in [-0.2, 0) is 9.47 Å². The fraction of sp³-hybridized carbons (Fsp3) is 0.276. The van der Waals surface area contributed by atoms with Gasteiger partial charge in [-0.15, -0.1) is 0 Å². The average molecular weight is 472 g/mol. The maximum atomic E-state index is 13.9. The molecule has 4 rings (SSSR count). The molecule has 6 heteroatoms. The monoisotopic (exact) mass is 471 g/mol. The molecular weight excluding hydrogens is 442 g/mol. The first kappa shape index (κ1) is 24.2. The van der Waals surface area contributed by atoms with Gasteiger partial charge in [0.2, 0.25) is 0 Å². The zero-order chi connectivity index (χ0) is 25.5. The third-order valence-corrected chi connectivity index (χ3v) is 5.28. The summed E-state index contributed by atoms with van der Waals surface area (Å²) in [5.74, 6) is -1.85. The molecule has 2 heterocycles. The molecule has 35 heavy (non-hydrogen) atoms. The van der Waals surface area contributed by atoms with Crippen LogP contribution in [-0.4, -0.2) is 33.3 Å². The molecular formula is C29H29NO5. The van der Waals surface area contributed by atoms with E-state index in [0.717, 1.165) is 10.8 Å². The van der Waals surface area contributed by atoms with Crippen molar-refractivity contribution in [2.45, 2.75) is 52.7 Å². The lowest BCUT2D eigenvalue weighted by molar-refractivity contribution is 0.00135. The molecule has 0 fully saturated rings. The Labute approximate surface area is 204 Å². The molecule has 180 valence electrons. The van der Waals surface area contributed by atoms with Crippen molar-refractivity contribution in [2.24, 2.45) is 0 Å². The molecule has 0 aliphatic heterocycles. The Morgan fingerprint density at radius 3 is 1.89 bits per heavy atom. The summed E-state index contributed by atoms with van der Waals surface area (Å²) in [6, 6.07) is 18.1. The number of ether oxygens (including phenoxy) is 2. The third-order valence-electron chi connectivity index (χ3n) is 5.28. The van der Waals surface area contributed by atoms with Gasteiger partial charge in [-0.2, -0.15) is 0 Å². The summed E-state index contributed by atoms with van der Waals surface area (Å²) >= 11 is 0. The Kier molecular flexibility index (Phi) is 6.01. The molecule has 6 nitrogen and oxygen atoms in total. The quantitative estimate of drug-likeness (QED) is 0.260. The second-order valence-corrected chi connectivity index (χ2v) is 10.4. The van der Waals surface area contributed by atoms with Crippen LogP contribution in [0.2, 0.25) is 0 Å². The van der Waals surface area contributed by atoms with Gasteiger partial charge in [-0.3, -0.25) is 4.79 Å². The van der Waals surface area contributed by atoms with Gasteiger partial charge in [0.15, 0.2) is 5.78 Å². The van der Waals surface area contributed by atoms with E-state index in [2.05, 4.69) is 0 Å². The maximum Gasteiger partial charge on any atom is 0.356 e. The van der Waals surface area contributed by atoms with Gasteiger partial charge in [-0.05, 0) is 53.0 Å². The first-order valence-corrected chi connectivity index (χ1v) is 11.5. The first-order valence-electron chi connectivity index (χ1n) is 11.5. The topological polar surface area (TPSA) is 74.1 Å². The molecule has 2 aromatic carbocycles. The van der Waals surface area contributed by atoms with E-state index in [9.17, 15) is 14.4 Å². The van der Waals surface area contributed by atoms with Crippen LogP contribution in [0.15, 0.2) is 66.9 Å². The molecule has 0 aliphatic carbocycles. The molecule has 0 saturated heterocycles. The lowest BCUT2D eigenvalue weighted by Crippen LogP contribution is -2.28. The average Bonchev–Trinajstić information content (AvgIpc) is 3.13. The van der Waals surface area contributed by atoms with E-state index in [0.29, 0.717) is 11.1 Å². The van der Waals surface area contributed by atoms with E-state index in [1.54, 1.807) is 76.4 Å². The molecule has 2 aromatic heterocycles. The molecule has 0 unspecified atom stereocenters. The number of esters is 2. The zero-order valence-corrected chi connectivity index (χ0v) is 20.8. The van der Waals surface area contributed by atoms with Gasteiger partial charge in [-0.1, -0.05) is 54.6 Å². The maximum absolute atomic E-state index is 13.9. The van der Waals surface area contributed by atoms with Crippen LogP contribution in [0.3, 0.4) is 0 Å². The summed E-state index contributed by atoms with van der Waals surface area (Å²) < 4.78 is 13.0. The van der Waals surface area contributed by atoms with Crippen LogP contribution in [0.5, 0.6) is 0 Å². The van der Waals surface area contributed by atoms with E-state index in [1.807, 2.05) is 36.4 Å². The van der Waals surface area contributed by atoms with Gasteiger partial charge in [0.25, 0.3) is 0 Å². The highest BCUT2D eigenvalue weighted by Gasteiger charge is 2.36. The van der Waals surface area contributed by atoms with Crippen LogP contribution >= 0.6 is 0 Å². The number of fused-ring (bicyclic) bond motifs is 3. The predicted octanol–water partition coefficient (Wildman–Crippen LogP) is 6.23. The molecule has 0 aliphatic rings. The van der Waals surface area contributed by atoms with Gasteiger partial charge < -0.3 is 13.9 Å². The fourth-order valence-electron chi connectivity index (χ4n) is 4.03. The van der Waals surface area contributed by atoms with Crippen molar-refractivity contribution in [3.8, 4) is 0 Å². The van der Waals surface area contributed by atoms with E-state index in [-0.39, 0.29) is 22.6 Å². The standard InChI is InChI=1S/C29H29NO5/c1-28(2,3)34-26(32)22-21(25(31)19-13-8-7-9-14-19)23-20-15-11-10-12-18(20)16-17-30(23)24(22)27(33)35-29(4,5)6/h7-17H,1-6H3. The van der Waals surface area contributed by atoms with Crippen LogP contribution < -0.4 is 0 Å². The smallest absolute Gasteiger partial charge is 0.356 e. The highest BCUT2D eigenvalue weighted by molar-refractivity contribution is 6.24. The fourth-order valence-corrected chi connectivity index (χ4v) is 4.03. The van der Waals surface area contributed by atoms with Gasteiger partial charge in [-0.25, -0.2) is 9.59 Å². The number of carbonyl (C=O) groups excluding carboxylic acids is 3. The van der Waals surface area contributed by atoms with Crippen LogP contribution in [0, 0.1) is 0 Å². The first-order chi connectivity index (χ1) is 16.4. The Hall–Kier alpha value is -3.93. The second-order valence-electron chi connectivity index (χ2n) is 10.4. The van der Waals surface area contributed by atoms with E-state index < -0.39 is 23.1 Å². The Bertz CT molecular complexity index is 1450. The van der Waals surface area contributed by atoms with Crippen molar-refractivity contribution in [3.05, 3.63) is 89.2 Å². The van der Waals surface area contributed by atoms with Crippen molar-refractivity contribution >= 4 is 34.0 Å². The SMILES string of the molecule is CC(C)(C)OC(=O)c1c(C(=O)c2ccccc2)c2c3ccccc3ccn2c1C(=O)OC(C)(C)C. The number of ketones is 1. The van der Waals surface area contributed by atoms with E-state index in [4.69, 9.17) is 9.47 Å². The predicted molar refractivity (Wildman–Crippen MR) is 135 cm³/mol. The van der Waals surface area contributed by atoms with Gasteiger partial charge in [0.1, 0.15) is 22.5 Å². The Balaban J connectivity index is 2.15. The molecule has 0 bridgehead atoms. The van der Waals surface area contributed by atoms with Crippen molar-refractivity contribution in [1.29, 1.82) is 0 Å². The summed E-state index contributed by atoms with van der Waals surface area (Å²) in [6.07, 6.45) is 1.69. The highest BCUT2D eigenvalue weighted by atomic mass is 16.6. The minimum absolute atomic E-state index is 0.0331. The van der Waals surface area contributed by atoms with E-state index >= 15 is 0 Å². The van der Waals surface area contributed by atoms with Gasteiger partial charge in [0, 0.05) is 17.1 Å². The molecule has 0 spiro atoms. The van der Waals surface area contributed by atoms with E-state index in [1.165, 1.54) is 0 Å². The van der Waals surface area contributed by atoms with Crippen LogP contribution in [0.4, 0.5) is 0 Å². The number of hydrogen-bond donors (Lipinski definition) is 0. The van der Waals surface area contributed by atoms with Crippen molar-refractivity contribution in [1.82, 2.24) is 4.40 Å². The van der Waals surface area contributed by atoms with Crippen molar-refractivity contribution in [2.75, 3.05) is 0 Å². The third kappa shape index (κ3) is 4.83. The number of pyridine rings is 1. The Morgan fingerprint density at radius 1 is 0.686 bits per heavy atom. The summed E-state index contributed by atoms with van der Waals surface area (Å²) in [5.41, 5.74) is -0.817. The number of rotatable bonds is 4. The van der Waals surface area contributed by atoms with Crippen molar-refractivity contribution in [3.63, 3.8) is 0 Å². The summed E-state index contributed by atoms with van der Waals surface area (Å²) in [7, 11) is 0. The minimum atomic E-state index is -0.842. The van der Waals surface area contributed by atoms with Crippen molar-refractivity contribution < 1.29 is 23.9 Å². The second kappa shape index (κ2) is 8.69. The molecule has 0 N–H and O–H groups in total. The lowest BCUT2D eigenvalue weighted by Gasteiger charge is -2.22. The summed E-state index contributed by atoms with van der Waals surface area (Å²) in [5, 5.41) is 1.60. The molecule has 4 aromatic rings. The number of aromatic nitrogens is 1. The van der Waals surface area contributed by atoms with Gasteiger partial charge in [0.05, 0.1) is 11.1 Å². The minimum Gasteiger partial charge on any atom is -0.456 e. The number of carbonyl (C=O) groups is 3. The molecule has 0 radical (unpaired) electrons. The zero-order valence-electron chi connectivity index (χ0n) is 20.8. The highest BCUT2D eigenvalue weighted by Crippen LogP contribution is 2.34. The molecule has 0 amide bonds.